The number of rotatable bonds is 4. The molecule has 27 heavy (non-hydrogen) atoms. The van der Waals surface area contributed by atoms with Gasteiger partial charge < -0.3 is 4.74 Å². The quantitative estimate of drug-likeness (QED) is 0.533. The third-order valence-electron chi connectivity index (χ3n) is 4.79. The molecule has 0 aliphatic carbocycles. The maximum atomic E-state index is 13.3. The van der Waals surface area contributed by atoms with Crippen LogP contribution in [0.5, 0.6) is 0 Å². The van der Waals surface area contributed by atoms with Gasteiger partial charge in [-0.2, -0.15) is 0 Å². The van der Waals surface area contributed by atoms with Crippen LogP contribution in [-0.2, 0) is 4.74 Å². The van der Waals surface area contributed by atoms with Crippen molar-refractivity contribution < 1.29 is 9.53 Å². The average Bonchev–Trinajstić information content (AvgIpc) is 3.29. The summed E-state index contributed by atoms with van der Waals surface area (Å²) in [7, 11) is 0. The molecule has 1 atom stereocenters. The monoisotopic (exact) mass is 444 g/mol. The van der Waals surface area contributed by atoms with Crippen molar-refractivity contribution in [3.8, 4) is 0 Å². The van der Waals surface area contributed by atoms with Crippen LogP contribution in [0.15, 0.2) is 40.9 Å². The van der Waals surface area contributed by atoms with E-state index in [0.717, 1.165) is 39.3 Å². The zero-order valence-electron chi connectivity index (χ0n) is 15.4. The molecule has 2 heterocycles. The first-order valence-electron chi connectivity index (χ1n) is 9.08. The number of hydrogen-bond acceptors (Lipinski definition) is 4. The number of hydrogen-bond donors (Lipinski definition) is 0. The van der Waals surface area contributed by atoms with Crippen molar-refractivity contribution in [2.24, 2.45) is 0 Å². The standard InChI is InChI=1S/C21H21BrN2O2S/c1-13-10-14(2)19-18(11-13)23-21(27-19)24(12-17-4-3-9-26-17)20(25)15-5-7-16(22)8-6-15/h5-8,10-11,17H,3-4,9,12H2,1-2H3. The lowest BCUT2D eigenvalue weighted by molar-refractivity contribution is 0.0917. The fourth-order valence-electron chi connectivity index (χ4n) is 3.47. The van der Waals surface area contributed by atoms with Crippen LogP contribution < -0.4 is 4.90 Å². The van der Waals surface area contributed by atoms with Gasteiger partial charge in [0.15, 0.2) is 5.13 Å². The van der Waals surface area contributed by atoms with Crippen molar-refractivity contribution in [2.45, 2.75) is 32.8 Å². The highest BCUT2D eigenvalue weighted by molar-refractivity contribution is 9.10. The molecule has 140 valence electrons. The van der Waals surface area contributed by atoms with Gasteiger partial charge in [0.2, 0.25) is 0 Å². The predicted octanol–water partition coefficient (Wildman–Crippen LogP) is 5.50. The summed E-state index contributed by atoms with van der Waals surface area (Å²) in [5.41, 5.74) is 3.99. The number of anilines is 1. The summed E-state index contributed by atoms with van der Waals surface area (Å²) < 4.78 is 7.89. The van der Waals surface area contributed by atoms with E-state index in [-0.39, 0.29) is 12.0 Å². The molecule has 1 fully saturated rings. The first-order chi connectivity index (χ1) is 13.0. The van der Waals surface area contributed by atoms with Crippen LogP contribution in [0.2, 0.25) is 0 Å². The molecular formula is C21H21BrN2O2S. The van der Waals surface area contributed by atoms with Crippen LogP contribution in [0.1, 0.15) is 34.3 Å². The smallest absolute Gasteiger partial charge is 0.260 e. The number of thiazole rings is 1. The number of ether oxygens (including phenoxy) is 1. The van der Waals surface area contributed by atoms with Gasteiger partial charge in [-0.3, -0.25) is 9.69 Å². The number of nitrogens with zero attached hydrogens (tertiary/aromatic N) is 2. The van der Waals surface area contributed by atoms with E-state index < -0.39 is 0 Å². The fourth-order valence-corrected chi connectivity index (χ4v) is 4.76. The van der Waals surface area contributed by atoms with Gasteiger partial charge in [-0.1, -0.05) is 33.3 Å². The van der Waals surface area contributed by atoms with Crippen LogP contribution in [0.25, 0.3) is 10.2 Å². The highest BCUT2D eigenvalue weighted by Crippen LogP contribution is 2.33. The van der Waals surface area contributed by atoms with Crippen LogP contribution in [-0.4, -0.2) is 30.1 Å². The van der Waals surface area contributed by atoms with Crippen molar-refractivity contribution in [3.63, 3.8) is 0 Å². The minimum atomic E-state index is -0.0357. The third kappa shape index (κ3) is 3.93. The summed E-state index contributed by atoms with van der Waals surface area (Å²) in [4.78, 5) is 19.9. The number of halogens is 1. The molecular weight excluding hydrogens is 424 g/mol. The Balaban J connectivity index is 1.74. The first-order valence-corrected chi connectivity index (χ1v) is 10.7. The Morgan fingerprint density at radius 3 is 2.78 bits per heavy atom. The van der Waals surface area contributed by atoms with E-state index in [2.05, 4.69) is 41.9 Å². The predicted molar refractivity (Wildman–Crippen MR) is 114 cm³/mol. The van der Waals surface area contributed by atoms with Crippen LogP contribution in [0.3, 0.4) is 0 Å². The molecule has 0 radical (unpaired) electrons. The van der Waals surface area contributed by atoms with E-state index in [4.69, 9.17) is 9.72 Å². The van der Waals surface area contributed by atoms with E-state index in [1.165, 1.54) is 11.1 Å². The average molecular weight is 445 g/mol. The SMILES string of the molecule is Cc1cc(C)c2sc(N(CC3CCCO3)C(=O)c3ccc(Br)cc3)nc2c1. The molecule has 3 aromatic rings. The molecule has 1 saturated heterocycles. The van der Waals surface area contributed by atoms with Gasteiger partial charge in [0.1, 0.15) is 0 Å². The van der Waals surface area contributed by atoms with Crippen molar-refractivity contribution in [3.05, 3.63) is 57.6 Å². The van der Waals surface area contributed by atoms with Gasteiger partial charge in [-0.05, 0) is 68.1 Å². The summed E-state index contributed by atoms with van der Waals surface area (Å²) in [5, 5.41) is 0.738. The highest BCUT2D eigenvalue weighted by Gasteiger charge is 2.27. The maximum absolute atomic E-state index is 13.3. The second kappa shape index (κ2) is 7.70. The summed E-state index contributed by atoms with van der Waals surface area (Å²) in [6.07, 6.45) is 2.09. The number of carbonyl (C=O) groups excluding carboxylic acids is 1. The summed E-state index contributed by atoms with van der Waals surface area (Å²) in [5.74, 6) is -0.0357. The molecule has 2 aromatic carbocycles. The van der Waals surface area contributed by atoms with Gasteiger partial charge >= 0.3 is 0 Å². The Kier molecular flexibility index (Phi) is 5.30. The lowest BCUT2D eigenvalue weighted by Gasteiger charge is -2.23. The molecule has 1 unspecified atom stereocenters. The van der Waals surface area contributed by atoms with E-state index in [0.29, 0.717) is 12.1 Å². The van der Waals surface area contributed by atoms with Crippen molar-refractivity contribution >= 4 is 48.5 Å². The van der Waals surface area contributed by atoms with Gasteiger partial charge in [0.05, 0.1) is 22.9 Å². The Labute approximate surface area is 171 Å². The molecule has 1 amide bonds. The van der Waals surface area contributed by atoms with E-state index in [1.54, 1.807) is 16.2 Å². The molecule has 0 bridgehead atoms. The van der Waals surface area contributed by atoms with Crippen molar-refractivity contribution in [1.29, 1.82) is 0 Å². The molecule has 4 rings (SSSR count). The number of amides is 1. The van der Waals surface area contributed by atoms with Crippen LogP contribution in [0, 0.1) is 13.8 Å². The van der Waals surface area contributed by atoms with Crippen LogP contribution >= 0.6 is 27.3 Å². The summed E-state index contributed by atoms with van der Waals surface area (Å²) in [6, 6.07) is 11.7. The molecule has 1 aliphatic heterocycles. The molecule has 0 saturated carbocycles. The van der Waals surface area contributed by atoms with Gasteiger partial charge in [0, 0.05) is 16.6 Å². The van der Waals surface area contributed by atoms with Crippen LogP contribution in [0.4, 0.5) is 5.13 Å². The van der Waals surface area contributed by atoms with Gasteiger partial charge in [-0.25, -0.2) is 4.98 Å². The molecule has 4 nitrogen and oxygen atoms in total. The number of aryl methyl sites for hydroxylation is 2. The number of aromatic nitrogens is 1. The zero-order chi connectivity index (χ0) is 19.0. The Bertz CT molecular complexity index is 978. The summed E-state index contributed by atoms with van der Waals surface area (Å²) >= 11 is 5.01. The largest absolute Gasteiger partial charge is 0.376 e. The highest BCUT2D eigenvalue weighted by atomic mass is 79.9. The number of benzene rings is 2. The minimum absolute atomic E-state index is 0.0357. The Morgan fingerprint density at radius 1 is 1.30 bits per heavy atom. The van der Waals surface area contributed by atoms with Gasteiger partial charge in [0.25, 0.3) is 5.91 Å². The molecule has 6 heteroatoms. The maximum Gasteiger partial charge on any atom is 0.260 e. The minimum Gasteiger partial charge on any atom is -0.376 e. The lowest BCUT2D eigenvalue weighted by atomic mass is 10.1. The van der Waals surface area contributed by atoms with E-state index in [1.807, 2.05) is 24.3 Å². The Morgan fingerprint density at radius 2 is 2.07 bits per heavy atom. The second-order valence-corrected chi connectivity index (χ2v) is 8.88. The van der Waals surface area contributed by atoms with E-state index >= 15 is 0 Å². The van der Waals surface area contributed by atoms with Gasteiger partial charge in [-0.15, -0.1) is 0 Å². The molecule has 0 N–H and O–H groups in total. The van der Waals surface area contributed by atoms with Crippen molar-refractivity contribution in [1.82, 2.24) is 4.98 Å². The molecule has 1 aromatic heterocycles. The Hall–Kier alpha value is -1.76. The first kappa shape index (κ1) is 18.6. The molecule has 0 spiro atoms. The van der Waals surface area contributed by atoms with Crippen molar-refractivity contribution in [2.75, 3.05) is 18.1 Å². The molecule has 1 aliphatic rings. The topological polar surface area (TPSA) is 42.4 Å². The van der Waals surface area contributed by atoms with E-state index in [9.17, 15) is 4.79 Å². The normalized spacial score (nSPS) is 16.8. The summed E-state index contributed by atoms with van der Waals surface area (Å²) in [6.45, 7) is 5.47. The lowest BCUT2D eigenvalue weighted by Crippen LogP contribution is -2.37. The second-order valence-electron chi connectivity index (χ2n) is 6.98. The third-order valence-corrected chi connectivity index (χ3v) is 6.54. The zero-order valence-corrected chi connectivity index (χ0v) is 17.8. The fraction of sp³-hybridized carbons (Fsp3) is 0.333. The number of carbonyl (C=O) groups is 1. The number of fused-ring (bicyclic) bond motifs is 1.